The zero-order valence-electron chi connectivity index (χ0n) is 25.0. The Bertz CT molecular complexity index is 1390. The molecular weight excluding hydrogens is 504 g/mol. The third-order valence-electron chi connectivity index (χ3n) is 8.43. The number of rotatable bonds is 12. The predicted octanol–water partition coefficient (Wildman–Crippen LogP) is 7.16. The lowest BCUT2D eigenvalue weighted by Gasteiger charge is -2.31. The van der Waals surface area contributed by atoms with E-state index in [1.54, 1.807) is 0 Å². The molecule has 0 saturated carbocycles. The maximum Gasteiger partial charge on any atom is 0.143 e. The molecule has 1 N–H and O–H groups in total. The molecule has 5 rings (SSSR count). The molecule has 41 heavy (non-hydrogen) atoms. The fourth-order valence-electron chi connectivity index (χ4n) is 6.10. The van der Waals surface area contributed by atoms with Gasteiger partial charge in [-0.1, -0.05) is 92.7 Å². The van der Waals surface area contributed by atoms with Crippen molar-refractivity contribution in [1.82, 2.24) is 4.90 Å². The highest BCUT2D eigenvalue weighted by atomic mass is 16.5. The number of hydrogen-bond donors (Lipinski definition) is 1. The van der Waals surface area contributed by atoms with Crippen molar-refractivity contribution >= 4 is 5.69 Å². The summed E-state index contributed by atoms with van der Waals surface area (Å²) in [5.74, 6) is 0.820. The van der Waals surface area contributed by atoms with Gasteiger partial charge in [0.2, 0.25) is 0 Å². The largest absolute Gasteiger partial charge is 0.487 e. The van der Waals surface area contributed by atoms with E-state index < -0.39 is 6.10 Å². The zero-order chi connectivity index (χ0) is 28.8. The molecule has 4 aromatic carbocycles. The molecule has 0 amide bonds. The summed E-state index contributed by atoms with van der Waals surface area (Å²) in [6.07, 6.45) is 3.60. The molecule has 1 aliphatic carbocycles. The first-order chi connectivity index (χ1) is 19.9. The van der Waals surface area contributed by atoms with Crippen LogP contribution in [-0.2, 0) is 38.8 Å². The Kier molecular flexibility index (Phi) is 9.43. The summed E-state index contributed by atoms with van der Waals surface area (Å²) in [4.78, 5) is 4.55. The number of anilines is 1. The number of aliphatic hydroxyl groups is 1. The average molecular weight is 549 g/mol. The minimum absolute atomic E-state index is 0.360. The van der Waals surface area contributed by atoms with Crippen molar-refractivity contribution in [2.45, 2.75) is 64.8 Å². The summed E-state index contributed by atoms with van der Waals surface area (Å²) in [5.41, 5.74) is 10.2. The first kappa shape index (κ1) is 28.9. The molecule has 4 heteroatoms. The van der Waals surface area contributed by atoms with Crippen LogP contribution in [0.1, 0.15) is 58.9 Å². The fraction of sp³-hybridized carbons (Fsp3) is 0.351. The lowest BCUT2D eigenvalue weighted by atomic mass is 9.97. The molecule has 0 fully saturated rings. The van der Waals surface area contributed by atoms with Gasteiger partial charge in [0.25, 0.3) is 0 Å². The van der Waals surface area contributed by atoms with Gasteiger partial charge in [0.15, 0.2) is 0 Å². The van der Waals surface area contributed by atoms with Crippen LogP contribution in [0.4, 0.5) is 5.69 Å². The van der Waals surface area contributed by atoms with E-state index >= 15 is 0 Å². The molecule has 0 bridgehead atoms. The van der Waals surface area contributed by atoms with Gasteiger partial charge in [-0.3, -0.25) is 4.90 Å². The molecule has 0 spiro atoms. The van der Waals surface area contributed by atoms with Crippen molar-refractivity contribution in [3.05, 3.63) is 130 Å². The number of fused-ring (bicyclic) bond motifs is 1. The second kappa shape index (κ2) is 13.4. The van der Waals surface area contributed by atoms with Crippen molar-refractivity contribution in [3.63, 3.8) is 0 Å². The van der Waals surface area contributed by atoms with Crippen LogP contribution in [0.5, 0.6) is 5.75 Å². The van der Waals surface area contributed by atoms with Crippen molar-refractivity contribution < 1.29 is 9.84 Å². The van der Waals surface area contributed by atoms with E-state index in [4.69, 9.17) is 4.74 Å². The van der Waals surface area contributed by atoms with Gasteiger partial charge in [-0.25, -0.2) is 0 Å². The zero-order valence-corrected chi connectivity index (χ0v) is 25.0. The average Bonchev–Trinajstić information content (AvgIpc) is 3.42. The topological polar surface area (TPSA) is 35.9 Å². The van der Waals surface area contributed by atoms with Crippen LogP contribution in [0.3, 0.4) is 0 Å². The van der Waals surface area contributed by atoms with Gasteiger partial charge in [-0.05, 0) is 76.8 Å². The number of ether oxygens (including phenoxy) is 1. The second-order valence-corrected chi connectivity index (χ2v) is 11.5. The molecule has 0 heterocycles. The highest BCUT2D eigenvalue weighted by molar-refractivity contribution is 5.59. The number of aliphatic hydroxyl groups excluding tert-OH is 1. The molecule has 0 aromatic heterocycles. The molecular formula is C37H44N2O2. The smallest absolute Gasteiger partial charge is 0.143 e. The van der Waals surface area contributed by atoms with Gasteiger partial charge in [0.1, 0.15) is 12.4 Å². The Morgan fingerprint density at radius 1 is 0.780 bits per heavy atom. The Labute approximate surface area is 246 Å². The number of nitrogens with zero attached hydrogens (tertiary/aromatic N) is 2. The molecule has 214 valence electrons. The van der Waals surface area contributed by atoms with Gasteiger partial charge in [-0.2, -0.15) is 0 Å². The normalized spacial score (nSPS) is 13.8. The third kappa shape index (κ3) is 7.01. The van der Waals surface area contributed by atoms with Crippen molar-refractivity contribution in [3.8, 4) is 5.75 Å². The lowest BCUT2D eigenvalue weighted by Crippen LogP contribution is -2.38. The third-order valence-corrected chi connectivity index (χ3v) is 8.43. The molecule has 4 aromatic rings. The Morgan fingerprint density at radius 3 is 1.93 bits per heavy atom. The first-order valence-corrected chi connectivity index (χ1v) is 15.0. The fourth-order valence-corrected chi connectivity index (χ4v) is 6.10. The van der Waals surface area contributed by atoms with Crippen molar-refractivity contribution in [1.29, 1.82) is 0 Å². The number of benzene rings is 4. The van der Waals surface area contributed by atoms with Gasteiger partial charge >= 0.3 is 0 Å². The molecule has 0 unspecified atom stereocenters. The minimum atomic E-state index is -0.610. The van der Waals surface area contributed by atoms with Crippen LogP contribution < -0.4 is 9.64 Å². The van der Waals surface area contributed by atoms with Gasteiger partial charge in [-0.15, -0.1) is 0 Å². The SMILES string of the molecule is CCc1cc2c(cc1CC)CC(N(Cc1ccccc1)C[C@H](O)c1ccc(OCc3ccccc3)c(N(C)C)c1)C2. The van der Waals surface area contributed by atoms with E-state index in [0.717, 1.165) is 54.8 Å². The van der Waals surface area contributed by atoms with Gasteiger partial charge < -0.3 is 14.7 Å². The summed E-state index contributed by atoms with van der Waals surface area (Å²) in [5, 5.41) is 11.6. The summed E-state index contributed by atoms with van der Waals surface area (Å²) in [6.45, 7) is 6.41. The highest BCUT2D eigenvalue weighted by Gasteiger charge is 2.29. The quantitative estimate of drug-likeness (QED) is 0.204. The summed E-state index contributed by atoms with van der Waals surface area (Å²) >= 11 is 0. The van der Waals surface area contributed by atoms with E-state index in [1.807, 2.05) is 44.4 Å². The second-order valence-electron chi connectivity index (χ2n) is 11.5. The summed E-state index contributed by atoms with van der Waals surface area (Å²) < 4.78 is 6.20. The Balaban J connectivity index is 1.36. The van der Waals surface area contributed by atoms with Crippen LogP contribution in [-0.4, -0.2) is 36.7 Å². The predicted molar refractivity (Wildman–Crippen MR) is 170 cm³/mol. The van der Waals surface area contributed by atoms with E-state index in [0.29, 0.717) is 19.2 Å². The van der Waals surface area contributed by atoms with Crippen LogP contribution in [0.15, 0.2) is 91.0 Å². The minimum Gasteiger partial charge on any atom is -0.487 e. The molecule has 4 nitrogen and oxygen atoms in total. The number of hydrogen-bond acceptors (Lipinski definition) is 4. The molecule has 1 atom stereocenters. The van der Waals surface area contributed by atoms with Crippen LogP contribution in [0.2, 0.25) is 0 Å². The standard InChI is InChI=1S/C37H44N2O2/c1-5-29-19-32-21-34(22-33(32)20-30(29)6-2)39(24-27-13-9-7-10-14-27)25-36(40)31-17-18-37(35(23-31)38(3)4)41-26-28-15-11-8-12-16-28/h7-20,23,34,36,40H,5-6,21-22,24-26H2,1-4H3/t36-/m0/s1. The van der Waals surface area contributed by atoms with Gasteiger partial charge in [0, 0.05) is 33.2 Å². The lowest BCUT2D eigenvalue weighted by molar-refractivity contribution is 0.0835. The Hall–Kier alpha value is -3.60. The van der Waals surface area contributed by atoms with Crippen LogP contribution >= 0.6 is 0 Å². The van der Waals surface area contributed by atoms with E-state index in [-0.39, 0.29) is 0 Å². The molecule has 1 aliphatic rings. The summed E-state index contributed by atoms with van der Waals surface area (Å²) in [7, 11) is 4.04. The summed E-state index contributed by atoms with van der Waals surface area (Å²) in [6, 6.07) is 32.2. The monoisotopic (exact) mass is 548 g/mol. The van der Waals surface area contributed by atoms with E-state index in [9.17, 15) is 5.11 Å². The van der Waals surface area contributed by atoms with Gasteiger partial charge in [0.05, 0.1) is 11.8 Å². The molecule has 0 saturated heterocycles. The first-order valence-electron chi connectivity index (χ1n) is 15.0. The van der Waals surface area contributed by atoms with E-state index in [1.165, 1.54) is 27.8 Å². The molecule has 0 aliphatic heterocycles. The maximum atomic E-state index is 11.6. The van der Waals surface area contributed by atoms with Crippen molar-refractivity contribution in [2.24, 2.45) is 0 Å². The van der Waals surface area contributed by atoms with Crippen molar-refractivity contribution in [2.75, 3.05) is 25.5 Å². The Morgan fingerprint density at radius 2 is 1.37 bits per heavy atom. The molecule has 0 radical (unpaired) electrons. The highest BCUT2D eigenvalue weighted by Crippen LogP contribution is 2.34. The van der Waals surface area contributed by atoms with Crippen LogP contribution in [0.25, 0.3) is 0 Å². The maximum absolute atomic E-state index is 11.6. The van der Waals surface area contributed by atoms with E-state index in [2.05, 4.69) is 84.3 Å². The van der Waals surface area contributed by atoms with Crippen LogP contribution in [0, 0.1) is 0 Å². The number of aryl methyl sites for hydroxylation is 2.